The molecule has 0 amide bonds. The van der Waals surface area contributed by atoms with Crippen LogP contribution in [0.4, 0.5) is 0 Å². The number of nitrogens with one attached hydrogen (secondary N) is 1. The molecular weight excluding hydrogens is 366 g/mol. The molecule has 2 N–H and O–H groups in total. The van der Waals surface area contributed by atoms with E-state index in [9.17, 15) is 4.79 Å². The molecule has 0 unspecified atom stereocenters. The first kappa shape index (κ1) is 20.6. The monoisotopic (exact) mass is 391 g/mol. The number of nitrogens with zero attached hydrogens (tertiary/aromatic N) is 2. The van der Waals surface area contributed by atoms with Crippen molar-refractivity contribution in [2.75, 3.05) is 19.8 Å². The molecule has 1 heterocycles. The summed E-state index contributed by atoms with van der Waals surface area (Å²) in [6.07, 6.45) is 1.72. The van der Waals surface area contributed by atoms with Crippen LogP contribution in [0.3, 0.4) is 0 Å². The van der Waals surface area contributed by atoms with E-state index in [0.717, 1.165) is 47.5 Å². The van der Waals surface area contributed by atoms with Gasteiger partial charge < -0.3 is 15.2 Å². The SMILES string of the molecule is O=C(O)COCCCCNCc1cc(-c2ccccc2)c(-c2ccccc2)nn1. The summed E-state index contributed by atoms with van der Waals surface area (Å²) >= 11 is 0. The third-order valence-electron chi connectivity index (χ3n) is 4.40. The minimum Gasteiger partial charge on any atom is -0.480 e. The summed E-state index contributed by atoms with van der Waals surface area (Å²) in [6.45, 7) is 1.65. The van der Waals surface area contributed by atoms with Gasteiger partial charge in [0.05, 0.1) is 5.69 Å². The molecule has 29 heavy (non-hydrogen) atoms. The van der Waals surface area contributed by atoms with Crippen molar-refractivity contribution in [1.82, 2.24) is 15.5 Å². The summed E-state index contributed by atoms with van der Waals surface area (Å²) in [7, 11) is 0. The normalized spacial score (nSPS) is 10.8. The Balaban J connectivity index is 1.61. The number of aromatic nitrogens is 2. The van der Waals surface area contributed by atoms with E-state index in [0.29, 0.717) is 13.2 Å². The van der Waals surface area contributed by atoms with E-state index in [-0.39, 0.29) is 6.61 Å². The predicted molar refractivity (Wildman–Crippen MR) is 112 cm³/mol. The molecule has 0 aliphatic carbocycles. The fraction of sp³-hybridized carbons (Fsp3) is 0.261. The number of hydrogen-bond donors (Lipinski definition) is 2. The van der Waals surface area contributed by atoms with Crippen LogP contribution < -0.4 is 5.32 Å². The molecule has 2 aromatic carbocycles. The number of unbranched alkanes of at least 4 members (excludes halogenated alkanes) is 1. The second-order valence-corrected chi connectivity index (χ2v) is 6.66. The highest BCUT2D eigenvalue weighted by atomic mass is 16.5. The van der Waals surface area contributed by atoms with Crippen molar-refractivity contribution in [2.45, 2.75) is 19.4 Å². The van der Waals surface area contributed by atoms with Gasteiger partial charge in [-0.3, -0.25) is 0 Å². The van der Waals surface area contributed by atoms with Crippen LogP contribution in [0.1, 0.15) is 18.5 Å². The van der Waals surface area contributed by atoms with Gasteiger partial charge in [0, 0.05) is 24.3 Å². The lowest BCUT2D eigenvalue weighted by atomic mass is 9.99. The molecule has 0 radical (unpaired) electrons. The van der Waals surface area contributed by atoms with Crippen molar-refractivity contribution in [3.05, 3.63) is 72.4 Å². The third-order valence-corrected chi connectivity index (χ3v) is 4.40. The molecule has 6 nitrogen and oxygen atoms in total. The van der Waals surface area contributed by atoms with Crippen molar-refractivity contribution in [3.8, 4) is 22.4 Å². The summed E-state index contributed by atoms with van der Waals surface area (Å²) in [5.41, 5.74) is 4.96. The number of hydrogen-bond acceptors (Lipinski definition) is 5. The van der Waals surface area contributed by atoms with Crippen LogP contribution in [-0.4, -0.2) is 41.0 Å². The number of rotatable bonds is 11. The standard InChI is InChI=1S/C23H25N3O3/c27-22(28)17-29-14-8-7-13-24-16-20-15-21(18-9-3-1-4-10-18)23(26-25-20)19-11-5-2-6-12-19/h1-6,9-12,15,24H,7-8,13-14,16-17H2,(H,27,28). The predicted octanol–water partition coefficient (Wildman–Crippen LogP) is 3.78. The van der Waals surface area contributed by atoms with Crippen LogP contribution in [0.25, 0.3) is 22.4 Å². The van der Waals surface area contributed by atoms with E-state index in [1.807, 2.05) is 48.5 Å². The summed E-state index contributed by atoms with van der Waals surface area (Å²) in [5, 5.41) is 20.8. The Morgan fingerprint density at radius 3 is 2.31 bits per heavy atom. The average molecular weight is 391 g/mol. The molecule has 0 aliphatic rings. The van der Waals surface area contributed by atoms with Gasteiger partial charge in [-0.2, -0.15) is 5.10 Å². The highest BCUT2D eigenvalue weighted by Gasteiger charge is 2.11. The fourth-order valence-electron chi connectivity index (χ4n) is 3.00. The third kappa shape index (κ3) is 6.48. The molecule has 0 fully saturated rings. The maximum absolute atomic E-state index is 10.4. The minimum absolute atomic E-state index is 0.237. The highest BCUT2D eigenvalue weighted by molar-refractivity contribution is 5.80. The largest absolute Gasteiger partial charge is 0.480 e. The van der Waals surface area contributed by atoms with Gasteiger partial charge in [-0.05, 0) is 31.0 Å². The maximum Gasteiger partial charge on any atom is 0.329 e. The van der Waals surface area contributed by atoms with Crippen molar-refractivity contribution < 1.29 is 14.6 Å². The summed E-state index contributed by atoms with van der Waals surface area (Å²) in [6, 6.07) is 22.4. The number of benzene rings is 2. The number of aliphatic carboxylic acids is 1. The van der Waals surface area contributed by atoms with Gasteiger partial charge in [0.25, 0.3) is 0 Å². The second-order valence-electron chi connectivity index (χ2n) is 6.66. The van der Waals surface area contributed by atoms with Gasteiger partial charge in [0.1, 0.15) is 12.3 Å². The first-order valence-corrected chi connectivity index (χ1v) is 9.72. The molecule has 0 saturated carbocycles. The number of carboxylic acids is 1. The zero-order valence-corrected chi connectivity index (χ0v) is 16.3. The Labute approximate surface area is 170 Å². The van der Waals surface area contributed by atoms with Gasteiger partial charge in [0.2, 0.25) is 0 Å². The number of carbonyl (C=O) groups is 1. The van der Waals surface area contributed by atoms with Gasteiger partial charge in [-0.15, -0.1) is 5.10 Å². The Morgan fingerprint density at radius 1 is 0.931 bits per heavy atom. The quantitative estimate of drug-likeness (QED) is 0.484. The van der Waals surface area contributed by atoms with Gasteiger partial charge in [0.15, 0.2) is 0 Å². The maximum atomic E-state index is 10.4. The first-order chi connectivity index (χ1) is 14.2. The van der Waals surface area contributed by atoms with Crippen LogP contribution in [-0.2, 0) is 16.1 Å². The number of ether oxygens (including phenoxy) is 1. The molecule has 0 aliphatic heterocycles. The molecule has 0 atom stereocenters. The van der Waals surface area contributed by atoms with Crippen molar-refractivity contribution in [1.29, 1.82) is 0 Å². The van der Waals surface area contributed by atoms with E-state index < -0.39 is 5.97 Å². The highest BCUT2D eigenvalue weighted by Crippen LogP contribution is 2.30. The Morgan fingerprint density at radius 2 is 1.62 bits per heavy atom. The van der Waals surface area contributed by atoms with Crippen LogP contribution in [0, 0.1) is 0 Å². The lowest BCUT2D eigenvalue weighted by molar-refractivity contribution is -0.142. The van der Waals surface area contributed by atoms with Gasteiger partial charge in [-0.1, -0.05) is 60.7 Å². The first-order valence-electron chi connectivity index (χ1n) is 9.72. The zero-order valence-electron chi connectivity index (χ0n) is 16.3. The number of carboxylic acid groups (broad SMARTS) is 1. The van der Waals surface area contributed by atoms with Gasteiger partial charge in [-0.25, -0.2) is 4.79 Å². The Kier molecular flexibility index (Phi) is 7.86. The van der Waals surface area contributed by atoms with Crippen molar-refractivity contribution in [2.24, 2.45) is 0 Å². The lowest BCUT2D eigenvalue weighted by Crippen LogP contribution is -2.17. The second kappa shape index (κ2) is 11.0. The molecular formula is C23H25N3O3. The Hall–Kier alpha value is -3.09. The van der Waals surface area contributed by atoms with Crippen molar-refractivity contribution in [3.63, 3.8) is 0 Å². The molecule has 150 valence electrons. The van der Waals surface area contributed by atoms with E-state index in [4.69, 9.17) is 9.84 Å². The molecule has 0 saturated heterocycles. The van der Waals surface area contributed by atoms with Crippen molar-refractivity contribution >= 4 is 5.97 Å². The topological polar surface area (TPSA) is 84.3 Å². The smallest absolute Gasteiger partial charge is 0.329 e. The molecule has 0 bridgehead atoms. The van der Waals surface area contributed by atoms with Crippen LogP contribution in [0.15, 0.2) is 66.7 Å². The molecule has 3 rings (SSSR count). The molecule has 1 aromatic heterocycles. The summed E-state index contributed by atoms with van der Waals surface area (Å²) < 4.78 is 5.03. The van der Waals surface area contributed by atoms with Crippen LogP contribution in [0.5, 0.6) is 0 Å². The van der Waals surface area contributed by atoms with E-state index >= 15 is 0 Å². The van der Waals surface area contributed by atoms with Gasteiger partial charge >= 0.3 is 5.97 Å². The summed E-state index contributed by atoms with van der Waals surface area (Å²) in [4.78, 5) is 10.4. The summed E-state index contributed by atoms with van der Waals surface area (Å²) in [5.74, 6) is -0.935. The van der Waals surface area contributed by atoms with E-state index in [1.165, 1.54) is 0 Å². The molecule has 0 spiro atoms. The van der Waals surface area contributed by atoms with Crippen LogP contribution >= 0.6 is 0 Å². The minimum atomic E-state index is -0.935. The fourth-order valence-corrected chi connectivity index (χ4v) is 3.00. The van der Waals surface area contributed by atoms with E-state index in [2.05, 4.69) is 33.7 Å². The van der Waals surface area contributed by atoms with Crippen LogP contribution in [0.2, 0.25) is 0 Å². The molecule has 6 heteroatoms. The molecule has 3 aromatic rings. The van der Waals surface area contributed by atoms with E-state index in [1.54, 1.807) is 0 Å². The lowest BCUT2D eigenvalue weighted by Gasteiger charge is -2.11. The zero-order chi connectivity index (χ0) is 20.3. The Bertz CT molecular complexity index is 902. The average Bonchev–Trinajstić information content (AvgIpc) is 2.76.